The molecule has 1 aliphatic carbocycles. The largest absolute Gasteiger partial charge is 0.353 e. The molecule has 0 aromatic rings. The Morgan fingerprint density at radius 2 is 1.73 bits per heavy atom. The van der Waals surface area contributed by atoms with Crippen molar-refractivity contribution in [2.24, 2.45) is 0 Å². The van der Waals surface area contributed by atoms with Crippen LogP contribution in [0, 0.1) is 0 Å². The van der Waals surface area contributed by atoms with Gasteiger partial charge in [-0.15, -0.1) is 11.8 Å². The van der Waals surface area contributed by atoms with Gasteiger partial charge < -0.3 is 5.32 Å². The summed E-state index contributed by atoms with van der Waals surface area (Å²) in [5.41, 5.74) is 0. The van der Waals surface area contributed by atoms with Crippen LogP contribution in [0.25, 0.3) is 0 Å². The highest BCUT2D eigenvalue weighted by atomic mass is 32.2. The highest BCUT2D eigenvalue weighted by Gasteiger charge is 2.45. The van der Waals surface area contributed by atoms with Crippen molar-refractivity contribution in [3.63, 3.8) is 0 Å². The Labute approximate surface area is 137 Å². The predicted molar refractivity (Wildman–Crippen MR) is 89.4 cm³/mol. The smallest absolute Gasteiger partial charge is 0.230 e. The summed E-state index contributed by atoms with van der Waals surface area (Å²) < 4.78 is 25.4. The number of sulfonamides is 1. The van der Waals surface area contributed by atoms with Crippen molar-refractivity contribution in [3.8, 4) is 0 Å². The van der Waals surface area contributed by atoms with Gasteiger partial charge in [-0.05, 0) is 38.5 Å². The molecule has 2 atom stereocenters. The lowest BCUT2D eigenvalue weighted by Crippen LogP contribution is -2.52. The van der Waals surface area contributed by atoms with E-state index in [-0.39, 0.29) is 24.0 Å². The topological polar surface area (TPSA) is 66.5 Å². The van der Waals surface area contributed by atoms with Crippen LogP contribution < -0.4 is 5.32 Å². The summed E-state index contributed by atoms with van der Waals surface area (Å²) in [5, 5.41) is 3.80. The quantitative estimate of drug-likeness (QED) is 0.823. The van der Waals surface area contributed by atoms with Crippen molar-refractivity contribution < 1.29 is 13.2 Å². The minimum atomic E-state index is -3.12. The van der Waals surface area contributed by atoms with E-state index in [1.54, 1.807) is 16.1 Å². The van der Waals surface area contributed by atoms with Crippen LogP contribution in [-0.2, 0) is 14.8 Å². The van der Waals surface area contributed by atoms with Crippen molar-refractivity contribution in [3.05, 3.63) is 0 Å². The van der Waals surface area contributed by atoms with Gasteiger partial charge in [-0.25, -0.2) is 8.42 Å². The number of hydrogen-bond donors (Lipinski definition) is 1. The van der Waals surface area contributed by atoms with Gasteiger partial charge in [-0.3, -0.25) is 4.79 Å². The number of amides is 1. The summed E-state index contributed by atoms with van der Waals surface area (Å²) in [6.45, 7) is 0. The molecule has 3 fully saturated rings. The zero-order valence-electron chi connectivity index (χ0n) is 13.2. The van der Waals surface area contributed by atoms with Crippen molar-refractivity contribution >= 4 is 27.7 Å². The highest BCUT2D eigenvalue weighted by Crippen LogP contribution is 2.37. The van der Waals surface area contributed by atoms with Gasteiger partial charge >= 0.3 is 0 Å². The third-order valence-corrected chi connectivity index (χ3v) is 7.90. The van der Waals surface area contributed by atoms with Crippen molar-refractivity contribution in [1.82, 2.24) is 9.62 Å². The first-order valence-electron chi connectivity index (χ1n) is 8.33. The third-order valence-electron chi connectivity index (χ3n) is 5.17. The zero-order valence-corrected chi connectivity index (χ0v) is 14.8. The van der Waals surface area contributed by atoms with Crippen molar-refractivity contribution in [2.45, 2.75) is 74.7 Å². The molecule has 2 aliphatic heterocycles. The lowest BCUT2D eigenvalue weighted by molar-refractivity contribution is -0.119. The van der Waals surface area contributed by atoms with Crippen LogP contribution in [0.2, 0.25) is 0 Å². The van der Waals surface area contributed by atoms with Crippen LogP contribution in [0.4, 0.5) is 0 Å². The molecule has 2 saturated heterocycles. The van der Waals surface area contributed by atoms with Crippen LogP contribution in [0.5, 0.6) is 0 Å². The number of hydrogen-bond acceptors (Lipinski definition) is 4. The maximum atomic E-state index is 12.1. The number of piperidine rings is 1. The summed E-state index contributed by atoms with van der Waals surface area (Å²) in [4.78, 5) is 12.1. The van der Waals surface area contributed by atoms with E-state index in [0.29, 0.717) is 11.0 Å². The van der Waals surface area contributed by atoms with Gasteiger partial charge in [-0.2, -0.15) is 4.31 Å². The van der Waals surface area contributed by atoms with E-state index >= 15 is 0 Å². The number of carbonyl (C=O) groups is 1. The molecule has 2 unspecified atom stereocenters. The summed E-state index contributed by atoms with van der Waals surface area (Å²) in [7, 11) is -3.12. The SMILES string of the molecule is CS(=O)(=O)N1C2CCC1CC(NC(=O)CSC1CCCC1)C2. The molecule has 3 aliphatic rings. The predicted octanol–water partition coefficient (Wildman–Crippen LogP) is 1.73. The third kappa shape index (κ3) is 3.79. The Balaban J connectivity index is 1.48. The molecule has 2 heterocycles. The molecule has 5 nitrogen and oxygen atoms in total. The molecule has 22 heavy (non-hydrogen) atoms. The molecule has 1 amide bonds. The second-order valence-electron chi connectivity index (χ2n) is 6.93. The van der Waals surface area contributed by atoms with E-state index in [1.165, 1.54) is 31.9 Å². The van der Waals surface area contributed by atoms with E-state index in [4.69, 9.17) is 0 Å². The number of nitrogens with one attached hydrogen (secondary N) is 1. The lowest BCUT2D eigenvalue weighted by Gasteiger charge is -2.37. The second kappa shape index (κ2) is 6.69. The first-order chi connectivity index (χ1) is 10.4. The second-order valence-corrected chi connectivity index (χ2v) is 10.1. The molecule has 3 rings (SSSR count). The fraction of sp³-hybridized carbons (Fsp3) is 0.933. The van der Waals surface area contributed by atoms with E-state index in [1.807, 2.05) is 0 Å². The average molecular weight is 347 g/mol. The van der Waals surface area contributed by atoms with Gasteiger partial charge in [0, 0.05) is 23.4 Å². The number of fused-ring (bicyclic) bond motifs is 2. The van der Waals surface area contributed by atoms with Crippen molar-refractivity contribution in [1.29, 1.82) is 0 Å². The normalized spacial score (nSPS) is 33.2. The van der Waals surface area contributed by atoms with E-state index in [2.05, 4.69) is 5.32 Å². The van der Waals surface area contributed by atoms with Gasteiger partial charge in [0.05, 0.1) is 12.0 Å². The fourth-order valence-corrected chi connectivity index (χ4v) is 6.91. The number of rotatable bonds is 5. The molecule has 1 saturated carbocycles. The zero-order chi connectivity index (χ0) is 15.7. The van der Waals surface area contributed by atoms with E-state index < -0.39 is 10.0 Å². The summed E-state index contributed by atoms with van der Waals surface area (Å²) in [6, 6.07) is 0.315. The van der Waals surface area contributed by atoms with E-state index in [0.717, 1.165) is 25.7 Å². The maximum Gasteiger partial charge on any atom is 0.230 e. The number of thioether (sulfide) groups is 1. The number of carbonyl (C=O) groups excluding carboxylic acids is 1. The minimum absolute atomic E-state index is 0.0848. The molecule has 126 valence electrons. The Morgan fingerprint density at radius 3 is 2.27 bits per heavy atom. The molecule has 0 radical (unpaired) electrons. The Bertz CT molecular complexity index is 503. The molecule has 1 N–H and O–H groups in total. The standard InChI is InChI=1S/C15H26N2O3S2/c1-22(19,20)17-12-6-7-13(17)9-11(8-12)16-15(18)10-21-14-4-2-3-5-14/h11-14H,2-10H2,1H3,(H,16,18). The minimum Gasteiger partial charge on any atom is -0.353 e. The van der Waals surface area contributed by atoms with Crippen LogP contribution in [-0.4, -0.2) is 54.0 Å². The molecule has 0 aromatic carbocycles. The first-order valence-corrected chi connectivity index (χ1v) is 11.2. The monoisotopic (exact) mass is 346 g/mol. The molecular weight excluding hydrogens is 320 g/mol. The summed E-state index contributed by atoms with van der Waals surface area (Å²) in [5.74, 6) is 0.667. The Morgan fingerprint density at radius 1 is 1.14 bits per heavy atom. The molecule has 0 spiro atoms. The molecular formula is C15H26N2O3S2. The highest BCUT2D eigenvalue weighted by molar-refractivity contribution is 8.00. The van der Waals surface area contributed by atoms with Crippen LogP contribution in [0.1, 0.15) is 51.4 Å². The first kappa shape index (κ1) is 16.6. The lowest BCUT2D eigenvalue weighted by atomic mass is 10.00. The van der Waals surface area contributed by atoms with Crippen molar-refractivity contribution in [2.75, 3.05) is 12.0 Å². The van der Waals surface area contributed by atoms with Gasteiger partial charge in [0.25, 0.3) is 0 Å². The Hall–Kier alpha value is -0.270. The van der Waals surface area contributed by atoms with Crippen LogP contribution in [0.3, 0.4) is 0 Å². The summed E-state index contributed by atoms with van der Waals surface area (Å²) >= 11 is 1.78. The summed E-state index contributed by atoms with van der Waals surface area (Å²) in [6.07, 6.45) is 9.78. The number of nitrogens with zero attached hydrogens (tertiary/aromatic N) is 1. The molecule has 2 bridgehead atoms. The molecule has 7 heteroatoms. The fourth-order valence-electron chi connectivity index (χ4n) is 4.31. The van der Waals surface area contributed by atoms with Gasteiger partial charge in [0.15, 0.2) is 0 Å². The van der Waals surface area contributed by atoms with Gasteiger partial charge in [0.2, 0.25) is 15.9 Å². The van der Waals surface area contributed by atoms with Crippen LogP contribution >= 0.6 is 11.8 Å². The Kier molecular flexibility index (Phi) is 5.04. The average Bonchev–Trinajstić information content (AvgIpc) is 3.03. The molecule has 0 aromatic heterocycles. The van der Waals surface area contributed by atoms with Crippen LogP contribution in [0.15, 0.2) is 0 Å². The van der Waals surface area contributed by atoms with Gasteiger partial charge in [-0.1, -0.05) is 12.8 Å². The maximum absolute atomic E-state index is 12.1. The van der Waals surface area contributed by atoms with E-state index in [9.17, 15) is 13.2 Å². The van der Waals surface area contributed by atoms with Gasteiger partial charge in [0.1, 0.15) is 0 Å².